The quantitative estimate of drug-likeness (QED) is 0.0350. The molecule has 0 aromatic carbocycles. The zero-order chi connectivity index (χ0) is 40.9. The van der Waals surface area contributed by atoms with Gasteiger partial charge in [-0.15, -0.1) is 0 Å². The Morgan fingerprint density at radius 3 is 1.47 bits per heavy atom. The van der Waals surface area contributed by atoms with E-state index in [1.54, 1.807) is 0 Å². The highest BCUT2D eigenvalue weighted by Gasteiger charge is 2.22. The van der Waals surface area contributed by atoms with Crippen molar-refractivity contribution in [3.8, 4) is 0 Å². The first-order chi connectivity index (χ1) is 25.2. The van der Waals surface area contributed by atoms with Crippen LogP contribution in [0.4, 0.5) is 9.59 Å². The van der Waals surface area contributed by atoms with Gasteiger partial charge in [0.1, 0.15) is 12.1 Å². The molecule has 0 aliphatic carbocycles. The van der Waals surface area contributed by atoms with Crippen LogP contribution in [0.5, 0.6) is 0 Å². The van der Waals surface area contributed by atoms with Crippen LogP contribution in [0.2, 0.25) is 0 Å². The van der Waals surface area contributed by atoms with Crippen LogP contribution in [0.1, 0.15) is 97.8 Å². The number of rotatable bonds is 30. The van der Waals surface area contributed by atoms with Gasteiger partial charge in [0.05, 0.1) is 6.04 Å². The summed E-state index contributed by atoms with van der Waals surface area (Å²) in [4.78, 5) is 102. The van der Waals surface area contributed by atoms with Crippen LogP contribution in [-0.4, -0.2) is 121 Å². The highest BCUT2D eigenvalue weighted by Crippen LogP contribution is 2.04. The molecule has 0 saturated carbocycles. The molecule has 3 atom stereocenters. The van der Waals surface area contributed by atoms with Crippen molar-refractivity contribution in [2.24, 2.45) is 5.92 Å². The summed E-state index contributed by atoms with van der Waals surface area (Å²) >= 11 is 0. The molecule has 0 bridgehead atoms. The van der Waals surface area contributed by atoms with E-state index in [-0.39, 0.29) is 42.9 Å². The number of amides is 4. The van der Waals surface area contributed by atoms with Crippen LogP contribution in [0.15, 0.2) is 0 Å². The predicted molar refractivity (Wildman–Crippen MR) is 187 cm³/mol. The van der Waals surface area contributed by atoms with Crippen LogP contribution in [-0.2, 0) is 38.4 Å². The lowest BCUT2D eigenvalue weighted by molar-refractivity contribution is -0.193. The molecule has 0 fully saturated rings. The van der Waals surface area contributed by atoms with Gasteiger partial charge in [0.2, 0.25) is 0 Å². The molecule has 0 aliphatic heterocycles. The average Bonchev–Trinajstić information content (AvgIpc) is 3.09. The van der Waals surface area contributed by atoms with Gasteiger partial charge < -0.3 is 52.5 Å². The number of carboxylic acid groups (broad SMARTS) is 3. The number of hydrogen-bond acceptors (Lipinski definition) is 13. The number of urea groups is 2. The van der Waals surface area contributed by atoms with Gasteiger partial charge in [0, 0.05) is 38.6 Å². The van der Waals surface area contributed by atoms with Crippen molar-refractivity contribution in [2.45, 2.75) is 116 Å². The number of carbonyl (C=O) groups is 6. The molecule has 4 amide bonds. The third-order valence-electron chi connectivity index (χ3n) is 7.29. The lowest BCUT2D eigenvalue weighted by atomic mass is 10.0. The first-order valence-electron chi connectivity index (χ1n) is 17.6. The van der Waals surface area contributed by atoms with Crippen molar-refractivity contribution in [3.63, 3.8) is 0 Å². The van der Waals surface area contributed by atoms with Crippen molar-refractivity contribution < 1.29 is 63.3 Å². The number of carboxylic acids is 3. The molecule has 0 heterocycles. The van der Waals surface area contributed by atoms with E-state index in [2.05, 4.69) is 37.2 Å². The van der Waals surface area contributed by atoms with E-state index in [9.17, 15) is 28.8 Å². The second kappa shape index (κ2) is 37.0. The summed E-state index contributed by atoms with van der Waals surface area (Å²) in [7, 11) is 0. The molecule has 0 aromatic heterocycles. The van der Waals surface area contributed by atoms with Gasteiger partial charge in [0.25, 0.3) is 0 Å². The average molecular weight is 762 g/mol. The maximum atomic E-state index is 12.7. The summed E-state index contributed by atoms with van der Waals surface area (Å²) in [5.41, 5.74) is 0. The van der Waals surface area contributed by atoms with Gasteiger partial charge in [-0.3, -0.25) is 9.59 Å². The number of Topliss-reactive ketones (excluding diaryl/α,β-unsaturated/α-hetero) is 1. The molecular formula is C33H59N7O13. The zero-order valence-electron chi connectivity index (χ0n) is 31.0. The second-order valence-electron chi connectivity index (χ2n) is 12.0. The maximum Gasteiger partial charge on any atom is 0.373 e. The van der Waals surface area contributed by atoms with Crippen LogP contribution in [0.3, 0.4) is 0 Å². The third-order valence-corrected chi connectivity index (χ3v) is 7.29. The molecule has 304 valence electrons. The lowest BCUT2D eigenvalue weighted by Gasteiger charge is -2.20. The highest BCUT2D eigenvalue weighted by atomic mass is 16.4. The van der Waals surface area contributed by atoms with Crippen LogP contribution < -0.4 is 37.2 Å². The Morgan fingerprint density at radius 2 is 1.02 bits per heavy atom. The minimum Gasteiger partial charge on any atom is -0.481 e. The van der Waals surface area contributed by atoms with E-state index >= 15 is 0 Å². The zero-order valence-corrected chi connectivity index (χ0v) is 31.0. The lowest BCUT2D eigenvalue weighted by Crippen LogP contribution is -2.48. The van der Waals surface area contributed by atoms with Crippen molar-refractivity contribution in [3.05, 3.63) is 0 Å². The summed E-state index contributed by atoms with van der Waals surface area (Å²) in [6.45, 7) is 9.00. The topological polar surface area (TPSA) is 316 Å². The van der Waals surface area contributed by atoms with Crippen molar-refractivity contribution in [1.29, 1.82) is 0 Å². The normalized spacial score (nSPS) is 11.8. The van der Waals surface area contributed by atoms with Gasteiger partial charge in [0.15, 0.2) is 5.78 Å². The first-order valence-corrected chi connectivity index (χ1v) is 17.6. The number of ketones is 1. The fourth-order valence-electron chi connectivity index (χ4n) is 4.57. The van der Waals surface area contributed by atoms with E-state index in [1.807, 2.05) is 20.8 Å². The van der Waals surface area contributed by atoms with Crippen molar-refractivity contribution in [2.75, 3.05) is 39.4 Å². The number of unbranched alkanes of at least 4 members (excludes halogenated alkanes) is 6. The fraction of sp³-hybridized carbons (Fsp3) is 0.758. The number of aliphatic carboxylic acids is 3. The molecule has 0 spiro atoms. The number of carbonyl (C=O) groups excluding carboxylic acids is 7. The minimum atomic E-state index is -1.28. The smallest absolute Gasteiger partial charge is 0.373 e. The SMILES string of the molecule is CCCC(NC(=O)NCCCCCCCNC(CNCNCCCCCNC(=O)NC(CCC(=O)O)C(=O)O)C(=O)C(C)C)C(=O)O.O=C=O.O=C=O. The Hall–Kier alpha value is -4.74. The summed E-state index contributed by atoms with van der Waals surface area (Å²) in [6, 6.07) is -3.51. The van der Waals surface area contributed by atoms with Gasteiger partial charge in [-0.1, -0.05) is 52.9 Å². The first kappa shape index (κ1) is 52.6. The summed E-state index contributed by atoms with van der Waals surface area (Å²) in [6.07, 6.45) is 8.07. The molecule has 0 rings (SSSR count). The predicted octanol–water partition coefficient (Wildman–Crippen LogP) is 0.430. The van der Waals surface area contributed by atoms with Gasteiger partial charge in [-0.25, -0.2) is 19.2 Å². The molecule has 3 unspecified atom stereocenters. The molecular weight excluding hydrogens is 702 g/mol. The molecule has 0 radical (unpaired) electrons. The molecule has 20 nitrogen and oxygen atoms in total. The Morgan fingerprint density at radius 1 is 0.585 bits per heavy atom. The fourth-order valence-corrected chi connectivity index (χ4v) is 4.57. The molecule has 0 saturated heterocycles. The molecule has 0 aliphatic rings. The standard InChI is InChI=1S/C31H59N7O9.2CO2/c1-4-13-23(28(42)43)37-30(46)35-18-11-7-5-6-10-17-34-25(27(41)22(2)3)20-33-21-32-16-9-8-12-19-36-31(47)38-24(29(44)45)14-15-26(39)40;2*2-1-3/h22-25,32-34H,4-21H2,1-3H3,(H,39,40)(H,42,43)(H,44,45)(H2,35,37,46)(H2,36,38,47);;. The Labute approximate surface area is 309 Å². The Kier molecular flexibility index (Phi) is 36.8. The molecule has 53 heavy (non-hydrogen) atoms. The van der Waals surface area contributed by atoms with E-state index < -0.39 is 42.1 Å². The molecule has 0 aromatic rings. The van der Waals surface area contributed by atoms with Crippen LogP contribution in [0.25, 0.3) is 0 Å². The van der Waals surface area contributed by atoms with Crippen LogP contribution >= 0.6 is 0 Å². The highest BCUT2D eigenvalue weighted by molar-refractivity contribution is 5.86. The monoisotopic (exact) mass is 761 g/mol. The van der Waals surface area contributed by atoms with Crippen LogP contribution in [0, 0.1) is 5.92 Å². The van der Waals surface area contributed by atoms with E-state index in [4.69, 9.17) is 34.5 Å². The molecule has 10 N–H and O–H groups in total. The van der Waals surface area contributed by atoms with Crippen molar-refractivity contribution in [1.82, 2.24) is 37.2 Å². The number of nitrogens with one attached hydrogen (secondary N) is 7. The minimum absolute atomic E-state index is 0.0878. The maximum absolute atomic E-state index is 12.7. The summed E-state index contributed by atoms with van der Waals surface area (Å²) < 4.78 is 0. The van der Waals surface area contributed by atoms with Gasteiger partial charge in [-0.05, 0) is 51.6 Å². The largest absolute Gasteiger partial charge is 0.481 e. The third kappa shape index (κ3) is 35.4. The Bertz CT molecular complexity index is 1100. The Balaban J connectivity index is -0.00000387. The summed E-state index contributed by atoms with van der Waals surface area (Å²) in [5, 5.41) is 46.9. The van der Waals surface area contributed by atoms with E-state index in [0.717, 1.165) is 58.0 Å². The van der Waals surface area contributed by atoms with E-state index in [0.29, 0.717) is 45.6 Å². The van der Waals surface area contributed by atoms with Gasteiger partial charge in [-0.2, -0.15) is 19.2 Å². The van der Waals surface area contributed by atoms with E-state index in [1.165, 1.54) is 0 Å². The summed E-state index contributed by atoms with van der Waals surface area (Å²) in [5.74, 6) is -3.38. The van der Waals surface area contributed by atoms with Crippen molar-refractivity contribution >= 4 is 48.1 Å². The van der Waals surface area contributed by atoms with Gasteiger partial charge >= 0.3 is 42.3 Å². The molecule has 20 heteroatoms. The number of hydrogen-bond donors (Lipinski definition) is 10. The second-order valence-corrected chi connectivity index (χ2v) is 12.0.